The first kappa shape index (κ1) is 51.1. The summed E-state index contributed by atoms with van der Waals surface area (Å²) in [7, 11) is 4.96. The summed E-state index contributed by atoms with van der Waals surface area (Å²) in [6.45, 7) is 15.4. The van der Waals surface area contributed by atoms with Gasteiger partial charge in [-0.05, 0) is 86.9 Å². The number of aliphatic hydroxyl groups is 1. The zero-order valence-corrected chi connectivity index (χ0v) is 38.6. The minimum Gasteiger partial charge on any atom is -0.497 e. The predicted octanol–water partition coefficient (Wildman–Crippen LogP) is 3.60. The van der Waals surface area contributed by atoms with Crippen LogP contribution in [0.1, 0.15) is 112 Å². The fourth-order valence-electron chi connectivity index (χ4n) is 8.35. The zero-order valence-electron chi connectivity index (χ0n) is 38.6. The predicted molar refractivity (Wildman–Crippen MR) is 234 cm³/mol. The van der Waals surface area contributed by atoms with Gasteiger partial charge in [-0.15, -0.1) is 0 Å². The third-order valence-corrected chi connectivity index (χ3v) is 12.3. The van der Waals surface area contributed by atoms with Crippen molar-refractivity contribution in [2.75, 3.05) is 34.4 Å². The van der Waals surface area contributed by atoms with Crippen molar-refractivity contribution in [2.45, 2.75) is 156 Å². The number of aliphatic hydroxyl groups excluding tert-OH is 1. The van der Waals surface area contributed by atoms with E-state index in [9.17, 15) is 33.9 Å². The highest BCUT2D eigenvalue weighted by molar-refractivity contribution is 5.95. The first-order valence-electron chi connectivity index (χ1n) is 22.4. The van der Waals surface area contributed by atoms with E-state index < -0.39 is 84.2 Å². The van der Waals surface area contributed by atoms with Crippen molar-refractivity contribution in [3.63, 3.8) is 0 Å². The highest BCUT2D eigenvalue weighted by atomic mass is 16.5. The van der Waals surface area contributed by atoms with E-state index in [-0.39, 0.29) is 49.8 Å². The summed E-state index contributed by atoms with van der Waals surface area (Å²) in [6, 6.07) is 2.34. The van der Waals surface area contributed by atoms with Crippen LogP contribution in [0, 0.1) is 29.6 Å². The summed E-state index contributed by atoms with van der Waals surface area (Å²) >= 11 is 0. The lowest BCUT2D eigenvalue weighted by Crippen LogP contribution is -2.59. The molecule has 61 heavy (non-hydrogen) atoms. The van der Waals surface area contributed by atoms with Crippen molar-refractivity contribution in [1.29, 1.82) is 0 Å². The van der Waals surface area contributed by atoms with E-state index in [4.69, 9.17) is 9.47 Å². The average molecular weight is 857 g/mol. The molecule has 2 aliphatic heterocycles. The van der Waals surface area contributed by atoms with Gasteiger partial charge in [0.1, 0.15) is 36.5 Å². The van der Waals surface area contributed by atoms with E-state index in [0.717, 1.165) is 12.0 Å². The van der Waals surface area contributed by atoms with Gasteiger partial charge in [0.15, 0.2) is 0 Å². The number of benzene rings is 1. The number of carbonyl (C=O) groups excluding carboxylic acids is 6. The molecular weight excluding hydrogens is 781 g/mol. The molecule has 0 aromatic heterocycles. The Labute approximate surface area is 364 Å². The highest BCUT2D eigenvalue weighted by Crippen LogP contribution is 2.25. The Balaban J connectivity index is 2.14. The molecule has 0 aliphatic carbocycles. The Kier molecular flexibility index (Phi) is 20.5. The lowest BCUT2D eigenvalue weighted by molar-refractivity contribution is -0.158. The maximum Gasteiger partial charge on any atom is 0.329 e. The van der Waals surface area contributed by atoms with Crippen molar-refractivity contribution in [2.24, 2.45) is 29.6 Å². The maximum atomic E-state index is 14.6. The highest BCUT2D eigenvalue weighted by Gasteiger charge is 2.43. The SMILES string of the molecule is CC[C@H](C)[C@H]1NC(=O)[C@@H](CC[C@@H](CC(C)C)NC)COC(=O)[C@H](Cc2ccc(OC)cc2)N(C)C(=O)[C@@H]2CCCN2C(=O)[C@H](CC(C)C)NC(=O)[C@H](C(C)C)NC(=O)C[C@@H]1O. The molecule has 0 radical (unpaired) electrons. The molecule has 0 bridgehead atoms. The van der Waals surface area contributed by atoms with E-state index in [1.807, 2.05) is 46.9 Å². The number of hydrogen-bond donors (Lipinski definition) is 5. The van der Waals surface area contributed by atoms with Crippen LogP contribution < -0.4 is 26.0 Å². The second-order valence-electron chi connectivity index (χ2n) is 18.4. The number of fused-ring (bicyclic) bond motifs is 1. The van der Waals surface area contributed by atoms with Crippen molar-refractivity contribution >= 4 is 35.5 Å². The number of ether oxygens (including phenoxy) is 2. The molecule has 0 spiro atoms. The number of rotatable bonds is 14. The summed E-state index contributed by atoms with van der Waals surface area (Å²) in [5, 5.41) is 23.6. The molecule has 1 aromatic carbocycles. The number of hydrogen-bond acceptors (Lipinski definition) is 10. The number of methoxy groups -OCH3 is 1. The van der Waals surface area contributed by atoms with Crippen LogP contribution in [0.25, 0.3) is 0 Å². The van der Waals surface area contributed by atoms with Gasteiger partial charge in [-0.3, -0.25) is 24.0 Å². The third kappa shape index (κ3) is 15.0. The number of cyclic esters (lactones) is 1. The first-order chi connectivity index (χ1) is 28.8. The number of amides is 5. The van der Waals surface area contributed by atoms with Crippen molar-refractivity contribution in [1.82, 2.24) is 31.1 Å². The number of nitrogens with one attached hydrogen (secondary N) is 4. The second kappa shape index (κ2) is 24.4. The lowest BCUT2D eigenvalue weighted by atomic mass is 9.90. The number of esters is 1. The monoisotopic (exact) mass is 857 g/mol. The number of likely N-dealkylation sites (N-methyl/N-ethyl adjacent to an activating group) is 1. The molecule has 3 rings (SSSR count). The fourth-order valence-corrected chi connectivity index (χ4v) is 8.35. The smallest absolute Gasteiger partial charge is 0.329 e. The van der Waals surface area contributed by atoms with Crippen LogP contribution in [-0.2, 0) is 39.9 Å². The molecule has 5 N–H and O–H groups in total. The molecule has 2 aliphatic rings. The van der Waals surface area contributed by atoms with Crippen LogP contribution in [0.4, 0.5) is 0 Å². The van der Waals surface area contributed by atoms with E-state index in [2.05, 4.69) is 35.1 Å². The van der Waals surface area contributed by atoms with Crippen LogP contribution in [0.5, 0.6) is 5.75 Å². The normalized spacial score (nSPS) is 26.6. The Morgan fingerprint density at radius 1 is 0.918 bits per heavy atom. The van der Waals surface area contributed by atoms with E-state index in [1.165, 1.54) is 16.8 Å². The van der Waals surface area contributed by atoms with Crippen LogP contribution in [0.3, 0.4) is 0 Å². The van der Waals surface area contributed by atoms with Gasteiger partial charge in [0.05, 0.1) is 31.6 Å². The van der Waals surface area contributed by atoms with Crippen LogP contribution in [0.15, 0.2) is 24.3 Å². The van der Waals surface area contributed by atoms with Crippen LogP contribution >= 0.6 is 0 Å². The molecule has 2 fully saturated rings. The van der Waals surface area contributed by atoms with E-state index in [0.29, 0.717) is 43.8 Å². The van der Waals surface area contributed by atoms with Crippen molar-refractivity contribution in [3.8, 4) is 5.75 Å². The summed E-state index contributed by atoms with van der Waals surface area (Å²) in [5.41, 5.74) is 0.736. The molecule has 15 heteroatoms. The maximum absolute atomic E-state index is 14.6. The molecule has 0 unspecified atom stereocenters. The standard InChI is InChI=1S/C46H76N6O9/c1-12-30(8)41-38(53)25-39(54)49-40(29(6)7)43(56)48-35(23-28(4)5)44(57)52-21-13-14-36(52)45(58)51(10)37(24-31-15-19-34(60-11)20-16-31)46(59)61-26-32(42(55)50-41)17-18-33(47-9)22-27(2)3/h15-16,19-20,27-30,32-33,35-38,40-41,47,53H,12-14,17-18,21-26H2,1-11H3,(H,48,56)(H,49,54)(H,50,55)/t30-,32-,33-,35-,36-,37-,38-,40-,41+/m0/s1. The topological polar surface area (TPSA) is 196 Å². The minimum atomic E-state index is -1.31. The second-order valence-corrected chi connectivity index (χ2v) is 18.4. The Hall–Kier alpha value is -4.24. The van der Waals surface area contributed by atoms with Crippen molar-refractivity contribution in [3.05, 3.63) is 29.8 Å². The van der Waals surface area contributed by atoms with Gasteiger partial charge in [-0.2, -0.15) is 0 Å². The first-order valence-corrected chi connectivity index (χ1v) is 22.4. The molecule has 2 saturated heterocycles. The molecule has 344 valence electrons. The average Bonchev–Trinajstić information content (AvgIpc) is 3.71. The molecular formula is C46H76N6O9. The van der Waals surface area contributed by atoms with E-state index in [1.54, 1.807) is 33.1 Å². The lowest BCUT2D eigenvalue weighted by Gasteiger charge is -2.34. The quantitative estimate of drug-likeness (QED) is 0.173. The van der Waals surface area contributed by atoms with E-state index >= 15 is 0 Å². The van der Waals surface area contributed by atoms with Crippen LogP contribution in [0.2, 0.25) is 0 Å². The van der Waals surface area contributed by atoms with Gasteiger partial charge in [-0.25, -0.2) is 4.79 Å². The minimum absolute atomic E-state index is 0.00936. The summed E-state index contributed by atoms with van der Waals surface area (Å²) in [4.78, 5) is 88.0. The zero-order chi connectivity index (χ0) is 45.6. The Morgan fingerprint density at radius 2 is 1.59 bits per heavy atom. The van der Waals surface area contributed by atoms with Gasteiger partial charge in [-0.1, -0.05) is 73.9 Å². The van der Waals surface area contributed by atoms with Gasteiger partial charge < -0.3 is 45.6 Å². The summed E-state index contributed by atoms with van der Waals surface area (Å²) in [5.74, 6) is -3.61. The summed E-state index contributed by atoms with van der Waals surface area (Å²) in [6.07, 6.45) is 1.94. The fraction of sp³-hybridized carbons (Fsp3) is 0.739. The van der Waals surface area contributed by atoms with Crippen LogP contribution in [-0.4, -0.2) is 127 Å². The number of nitrogens with zero attached hydrogens (tertiary/aromatic N) is 2. The molecule has 0 saturated carbocycles. The Morgan fingerprint density at radius 3 is 2.16 bits per heavy atom. The molecule has 1 aromatic rings. The number of carbonyl (C=O) groups is 6. The molecule has 15 nitrogen and oxygen atoms in total. The molecule has 9 atom stereocenters. The molecule has 5 amide bonds. The summed E-state index contributed by atoms with van der Waals surface area (Å²) < 4.78 is 11.4. The largest absolute Gasteiger partial charge is 0.497 e. The van der Waals surface area contributed by atoms with Gasteiger partial charge in [0.25, 0.3) is 0 Å². The van der Waals surface area contributed by atoms with Gasteiger partial charge >= 0.3 is 5.97 Å². The van der Waals surface area contributed by atoms with Gasteiger partial charge in [0.2, 0.25) is 29.5 Å². The Bertz CT molecular complexity index is 1600. The molecule has 2 heterocycles. The van der Waals surface area contributed by atoms with Gasteiger partial charge in [0, 0.05) is 26.1 Å². The van der Waals surface area contributed by atoms with Crippen molar-refractivity contribution < 1.29 is 43.3 Å². The third-order valence-electron chi connectivity index (χ3n) is 12.3.